The van der Waals surface area contributed by atoms with Gasteiger partial charge in [-0.15, -0.1) is 0 Å². The molecule has 0 bridgehead atoms. The molecule has 0 radical (unpaired) electrons. The van der Waals surface area contributed by atoms with Gasteiger partial charge in [0.2, 0.25) is 0 Å². The third-order valence-electron chi connectivity index (χ3n) is 2.17. The van der Waals surface area contributed by atoms with Gasteiger partial charge in [0.15, 0.2) is 5.78 Å². The van der Waals surface area contributed by atoms with Crippen molar-refractivity contribution in [3.63, 3.8) is 0 Å². The predicted molar refractivity (Wildman–Crippen MR) is 58.6 cm³/mol. The van der Waals surface area contributed by atoms with E-state index in [4.69, 9.17) is 0 Å². The summed E-state index contributed by atoms with van der Waals surface area (Å²) in [6, 6.07) is 7.91. The normalized spacial score (nSPS) is 14.2. The summed E-state index contributed by atoms with van der Waals surface area (Å²) in [6.45, 7) is 0. The second-order valence-electron chi connectivity index (χ2n) is 2.93. The van der Waals surface area contributed by atoms with E-state index in [1.165, 1.54) is 5.56 Å². The van der Waals surface area contributed by atoms with Crippen molar-refractivity contribution in [1.82, 2.24) is 0 Å². The molecule has 0 spiro atoms. The summed E-state index contributed by atoms with van der Waals surface area (Å²) in [5.74, 6) is 2.12. The van der Waals surface area contributed by atoms with Crippen LogP contribution in [0.25, 0.3) is 0 Å². The number of alkyl halides is 1. The van der Waals surface area contributed by atoms with Crippen LogP contribution in [0.15, 0.2) is 24.3 Å². The van der Waals surface area contributed by atoms with Crippen LogP contribution in [0.4, 0.5) is 0 Å². The number of rotatable bonds is 0. The van der Waals surface area contributed by atoms with Crippen molar-refractivity contribution >= 4 is 21.7 Å². The predicted octanol–water partition coefficient (Wildman–Crippen LogP) is 3.22. The Balaban J connectivity index is 0.000000396. The lowest BCUT2D eigenvalue weighted by Gasteiger charge is -2.12. The molecule has 0 N–H and O–H groups in total. The number of ketones is 1. The molecule has 0 heterocycles. The Hall–Kier alpha value is -0.630. The molecule has 0 saturated carbocycles. The monoisotopic (exact) mass is 240 g/mol. The number of carbonyl (C=O) groups is 1. The summed E-state index contributed by atoms with van der Waals surface area (Å²) >= 11 is 2.94. The van der Waals surface area contributed by atoms with Crippen LogP contribution in [0.3, 0.4) is 0 Å². The Labute approximate surface area is 87.3 Å². The highest BCUT2D eigenvalue weighted by Crippen LogP contribution is 2.19. The lowest BCUT2D eigenvalue weighted by Crippen LogP contribution is -2.09. The van der Waals surface area contributed by atoms with E-state index < -0.39 is 0 Å². The van der Waals surface area contributed by atoms with Crippen molar-refractivity contribution in [2.45, 2.75) is 19.3 Å². The molecule has 1 aromatic carbocycles. The average molecular weight is 241 g/mol. The average Bonchev–Trinajstić information content (AvgIpc) is 2.22. The molecule has 1 aliphatic carbocycles. The summed E-state index contributed by atoms with van der Waals surface area (Å²) in [7, 11) is 0. The molecule has 2 rings (SSSR count). The minimum absolute atomic E-state index is 0.312. The first kappa shape index (κ1) is 10.5. The molecule has 1 nitrogen and oxygen atoms in total. The van der Waals surface area contributed by atoms with Gasteiger partial charge in [-0.05, 0) is 24.2 Å². The van der Waals surface area contributed by atoms with Crippen LogP contribution in [-0.2, 0) is 6.42 Å². The lowest BCUT2D eigenvalue weighted by atomic mass is 9.91. The van der Waals surface area contributed by atoms with Gasteiger partial charge >= 0.3 is 0 Å². The van der Waals surface area contributed by atoms with Gasteiger partial charge in [-0.1, -0.05) is 40.2 Å². The van der Waals surface area contributed by atoms with Crippen LogP contribution in [0, 0.1) is 0 Å². The SMILES string of the molecule is CBr.O=C1CCCc2ccccc21. The Morgan fingerprint density at radius 1 is 1.15 bits per heavy atom. The van der Waals surface area contributed by atoms with E-state index in [0.29, 0.717) is 5.78 Å². The molecular formula is C11H13BrO. The molecule has 0 fully saturated rings. The summed E-state index contributed by atoms with van der Waals surface area (Å²) in [4.78, 5) is 11.3. The molecule has 0 aromatic heterocycles. The second-order valence-corrected chi connectivity index (χ2v) is 2.93. The summed E-state index contributed by atoms with van der Waals surface area (Å²) in [5, 5.41) is 0. The number of hydrogen-bond donors (Lipinski definition) is 0. The molecular weight excluding hydrogens is 228 g/mol. The summed E-state index contributed by atoms with van der Waals surface area (Å²) in [6.07, 6.45) is 2.83. The fourth-order valence-electron chi connectivity index (χ4n) is 1.58. The zero-order valence-electron chi connectivity index (χ0n) is 7.72. The van der Waals surface area contributed by atoms with Crippen LogP contribution in [0.2, 0.25) is 0 Å². The number of halogens is 1. The van der Waals surface area contributed by atoms with Gasteiger partial charge in [-0.25, -0.2) is 0 Å². The maximum absolute atomic E-state index is 11.3. The van der Waals surface area contributed by atoms with Gasteiger partial charge in [-0.3, -0.25) is 4.79 Å². The Morgan fingerprint density at radius 3 is 2.54 bits per heavy atom. The van der Waals surface area contributed by atoms with E-state index in [9.17, 15) is 4.79 Å². The second kappa shape index (κ2) is 5.18. The summed E-state index contributed by atoms with van der Waals surface area (Å²) in [5.41, 5.74) is 2.17. The standard InChI is InChI=1S/C10H10O.CH3Br/c11-10-7-3-5-8-4-1-2-6-9(8)10;1-2/h1-2,4,6H,3,5,7H2;1H3. The Morgan fingerprint density at radius 2 is 1.85 bits per heavy atom. The summed E-state index contributed by atoms with van der Waals surface area (Å²) < 4.78 is 0. The smallest absolute Gasteiger partial charge is 0.163 e. The van der Waals surface area contributed by atoms with E-state index >= 15 is 0 Å². The van der Waals surface area contributed by atoms with Crippen LogP contribution in [0.5, 0.6) is 0 Å². The molecule has 0 unspecified atom stereocenters. The van der Waals surface area contributed by atoms with Gasteiger partial charge in [0.1, 0.15) is 0 Å². The number of carbonyl (C=O) groups excluding carboxylic acids is 1. The van der Waals surface area contributed by atoms with Crippen LogP contribution < -0.4 is 0 Å². The minimum atomic E-state index is 0.312. The highest BCUT2D eigenvalue weighted by Gasteiger charge is 2.14. The van der Waals surface area contributed by atoms with Crippen molar-refractivity contribution in [2.75, 3.05) is 5.83 Å². The maximum Gasteiger partial charge on any atom is 0.163 e. The van der Waals surface area contributed by atoms with E-state index in [2.05, 4.69) is 15.9 Å². The number of hydrogen-bond acceptors (Lipinski definition) is 1. The number of Topliss-reactive ketones (excluding diaryl/α,β-unsaturated/α-hetero) is 1. The van der Waals surface area contributed by atoms with Crippen LogP contribution in [-0.4, -0.2) is 11.6 Å². The molecule has 13 heavy (non-hydrogen) atoms. The van der Waals surface area contributed by atoms with Gasteiger partial charge in [0.05, 0.1) is 0 Å². The van der Waals surface area contributed by atoms with E-state index in [-0.39, 0.29) is 0 Å². The Bertz CT molecular complexity index is 294. The number of aryl methyl sites for hydroxylation is 1. The van der Waals surface area contributed by atoms with Crippen LogP contribution >= 0.6 is 15.9 Å². The van der Waals surface area contributed by atoms with Gasteiger partial charge in [-0.2, -0.15) is 0 Å². The topological polar surface area (TPSA) is 17.1 Å². The molecule has 0 atom stereocenters. The van der Waals surface area contributed by atoms with Crippen molar-refractivity contribution in [1.29, 1.82) is 0 Å². The van der Waals surface area contributed by atoms with Crippen LogP contribution in [0.1, 0.15) is 28.8 Å². The Kier molecular flexibility index (Phi) is 4.16. The van der Waals surface area contributed by atoms with Crippen molar-refractivity contribution in [3.05, 3.63) is 35.4 Å². The van der Waals surface area contributed by atoms with Gasteiger partial charge < -0.3 is 0 Å². The lowest BCUT2D eigenvalue weighted by molar-refractivity contribution is 0.0972. The number of benzene rings is 1. The molecule has 70 valence electrons. The molecule has 2 heteroatoms. The highest BCUT2D eigenvalue weighted by molar-refractivity contribution is 9.08. The molecule has 1 aliphatic rings. The van der Waals surface area contributed by atoms with Crippen molar-refractivity contribution in [2.24, 2.45) is 0 Å². The molecule has 0 saturated heterocycles. The molecule has 1 aromatic rings. The zero-order chi connectivity index (χ0) is 9.68. The molecule has 0 aliphatic heterocycles. The van der Waals surface area contributed by atoms with Crippen molar-refractivity contribution < 1.29 is 4.79 Å². The first-order valence-corrected chi connectivity index (χ1v) is 5.95. The quantitative estimate of drug-likeness (QED) is 0.637. The fourth-order valence-corrected chi connectivity index (χ4v) is 1.58. The fraction of sp³-hybridized carbons (Fsp3) is 0.364. The zero-order valence-corrected chi connectivity index (χ0v) is 9.30. The molecule has 0 amide bonds. The first-order valence-electron chi connectivity index (χ1n) is 4.37. The van der Waals surface area contributed by atoms with Crippen molar-refractivity contribution in [3.8, 4) is 0 Å². The number of fused-ring (bicyclic) bond motifs is 1. The largest absolute Gasteiger partial charge is 0.294 e. The van der Waals surface area contributed by atoms with E-state index in [0.717, 1.165) is 24.8 Å². The van der Waals surface area contributed by atoms with Gasteiger partial charge in [0.25, 0.3) is 0 Å². The third-order valence-corrected chi connectivity index (χ3v) is 2.17. The highest BCUT2D eigenvalue weighted by atomic mass is 79.9. The van der Waals surface area contributed by atoms with E-state index in [1.807, 2.05) is 30.1 Å². The maximum atomic E-state index is 11.3. The van der Waals surface area contributed by atoms with Gasteiger partial charge in [0, 0.05) is 12.0 Å². The minimum Gasteiger partial charge on any atom is -0.294 e. The third kappa shape index (κ3) is 2.41. The van der Waals surface area contributed by atoms with E-state index in [1.54, 1.807) is 0 Å². The first-order chi connectivity index (χ1) is 6.38.